The van der Waals surface area contributed by atoms with Gasteiger partial charge in [-0.25, -0.2) is 9.78 Å². The van der Waals surface area contributed by atoms with Gasteiger partial charge in [0.05, 0.1) is 17.2 Å². The number of carboxylic acid groups (broad SMARTS) is 1. The van der Waals surface area contributed by atoms with Crippen molar-refractivity contribution in [3.63, 3.8) is 0 Å². The highest BCUT2D eigenvalue weighted by Crippen LogP contribution is 2.28. The van der Waals surface area contributed by atoms with Gasteiger partial charge in [0.15, 0.2) is 0 Å². The second kappa shape index (κ2) is 6.88. The van der Waals surface area contributed by atoms with Crippen LogP contribution in [0.5, 0.6) is 0 Å². The van der Waals surface area contributed by atoms with Crippen molar-refractivity contribution >= 4 is 28.6 Å². The van der Waals surface area contributed by atoms with Gasteiger partial charge in [-0.2, -0.15) is 0 Å². The Morgan fingerprint density at radius 1 is 1.21 bits per heavy atom. The predicted molar refractivity (Wildman–Crippen MR) is 93.5 cm³/mol. The minimum atomic E-state index is -1.03. The van der Waals surface area contributed by atoms with Gasteiger partial charge >= 0.3 is 5.97 Å². The van der Waals surface area contributed by atoms with E-state index in [0.29, 0.717) is 17.3 Å². The Labute approximate surface area is 143 Å². The maximum atomic E-state index is 12.7. The Morgan fingerprint density at radius 2 is 1.96 bits per heavy atom. The van der Waals surface area contributed by atoms with Crippen LogP contribution in [-0.4, -0.2) is 20.6 Å². The van der Waals surface area contributed by atoms with E-state index in [0.717, 1.165) is 9.79 Å². The second-order valence-electron chi connectivity index (χ2n) is 5.31. The first kappa shape index (κ1) is 16.3. The molecular formula is C18H16N2O3S. The molecule has 3 rings (SSSR count). The van der Waals surface area contributed by atoms with Gasteiger partial charge in [0.1, 0.15) is 6.04 Å². The van der Waals surface area contributed by atoms with Crippen molar-refractivity contribution in [1.82, 2.24) is 9.55 Å². The number of nitrogens with zero attached hydrogens (tertiary/aromatic N) is 2. The molecule has 0 aliphatic heterocycles. The highest BCUT2D eigenvalue weighted by Gasteiger charge is 2.19. The summed E-state index contributed by atoms with van der Waals surface area (Å²) < 4.78 is 1.20. The van der Waals surface area contributed by atoms with Gasteiger partial charge in [-0.3, -0.25) is 9.36 Å². The Balaban J connectivity index is 2.06. The van der Waals surface area contributed by atoms with Crippen molar-refractivity contribution in [2.75, 3.05) is 0 Å². The van der Waals surface area contributed by atoms with Crippen LogP contribution in [-0.2, 0) is 4.79 Å². The summed E-state index contributed by atoms with van der Waals surface area (Å²) in [5.41, 5.74) is 0.235. The molecule has 6 heteroatoms. The first-order chi connectivity index (χ1) is 11.6. The molecule has 0 saturated carbocycles. The first-order valence-electron chi connectivity index (χ1n) is 7.56. The number of hydrogen-bond donors (Lipinski definition) is 1. The summed E-state index contributed by atoms with van der Waals surface area (Å²) in [6.07, 6.45) is 1.64. The average Bonchev–Trinajstić information content (AvgIpc) is 2.58. The summed E-state index contributed by atoms with van der Waals surface area (Å²) in [6.45, 7) is 1.73. The van der Waals surface area contributed by atoms with E-state index in [4.69, 9.17) is 0 Å². The van der Waals surface area contributed by atoms with Crippen LogP contribution in [0.4, 0.5) is 0 Å². The number of rotatable bonds is 5. The fourth-order valence-electron chi connectivity index (χ4n) is 2.52. The van der Waals surface area contributed by atoms with Crippen LogP contribution in [0, 0.1) is 0 Å². The summed E-state index contributed by atoms with van der Waals surface area (Å²) in [6, 6.07) is 14.4. The molecule has 122 valence electrons. The molecule has 5 nitrogen and oxygen atoms in total. The lowest BCUT2D eigenvalue weighted by atomic mass is 10.2. The quantitative estimate of drug-likeness (QED) is 0.768. The SMILES string of the molecule is CC[C@@H](C(=O)O)n1cnc2ccc(Sc3ccccc3)cc2c1=O. The molecule has 0 radical (unpaired) electrons. The number of benzene rings is 2. The smallest absolute Gasteiger partial charge is 0.326 e. The van der Waals surface area contributed by atoms with E-state index in [1.165, 1.54) is 10.9 Å². The maximum Gasteiger partial charge on any atom is 0.326 e. The molecule has 0 amide bonds. The van der Waals surface area contributed by atoms with Crippen molar-refractivity contribution < 1.29 is 9.90 Å². The monoisotopic (exact) mass is 340 g/mol. The van der Waals surface area contributed by atoms with Crippen LogP contribution < -0.4 is 5.56 Å². The van der Waals surface area contributed by atoms with Crippen LogP contribution in [0.1, 0.15) is 19.4 Å². The lowest BCUT2D eigenvalue weighted by Gasteiger charge is -2.13. The van der Waals surface area contributed by atoms with Crippen molar-refractivity contribution in [2.45, 2.75) is 29.2 Å². The zero-order chi connectivity index (χ0) is 17.1. The second-order valence-corrected chi connectivity index (χ2v) is 6.46. The van der Waals surface area contributed by atoms with E-state index in [9.17, 15) is 14.7 Å². The van der Waals surface area contributed by atoms with E-state index in [1.807, 2.05) is 36.4 Å². The molecular weight excluding hydrogens is 324 g/mol. The van der Waals surface area contributed by atoms with E-state index in [2.05, 4.69) is 4.98 Å². The number of fused-ring (bicyclic) bond motifs is 1. The summed E-state index contributed by atoms with van der Waals surface area (Å²) in [4.78, 5) is 30.2. The molecule has 2 aromatic carbocycles. The van der Waals surface area contributed by atoms with Crippen LogP contribution in [0.15, 0.2) is 69.4 Å². The maximum absolute atomic E-state index is 12.7. The summed E-state index contributed by atoms with van der Waals surface area (Å²) in [5.74, 6) is -1.03. The van der Waals surface area contributed by atoms with E-state index in [1.54, 1.807) is 30.8 Å². The standard InChI is InChI=1S/C18H16N2O3S/c1-2-16(18(22)23)20-11-19-15-9-8-13(10-14(15)17(20)21)24-12-6-4-3-5-7-12/h3-11,16H,2H2,1H3,(H,22,23)/t16-/m0/s1. The lowest BCUT2D eigenvalue weighted by Crippen LogP contribution is -2.29. The highest BCUT2D eigenvalue weighted by molar-refractivity contribution is 7.99. The van der Waals surface area contributed by atoms with E-state index in [-0.39, 0.29) is 5.56 Å². The third-order valence-electron chi connectivity index (χ3n) is 3.74. The summed E-state index contributed by atoms with van der Waals surface area (Å²) in [7, 11) is 0. The van der Waals surface area contributed by atoms with Gasteiger partial charge in [-0.05, 0) is 36.8 Å². The molecule has 0 saturated heterocycles. The van der Waals surface area contributed by atoms with Crippen LogP contribution in [0.2, 0.25) is 0 Å². The van der Waals surface area contributed by atoms with Crippen molar-refractivity contribution in [2.24, 2.45) is 0 Å². The number of aromatic nitrogens is 2. The molecule has 0 fully saturated rings. The summed E-state index contributed by atoms with van der Waals surface area (Å²) >= 11 is 1.55. The highest BCUT2D eigenvalue weighted by atomic mass is 32.2. The van der Waals surface area contributed by atoms with Gasteiger partial charge in [0, 0.05) is 9.79 Å². The fraction of sp³-hybridized carbons (Fsp3) is 0.167. The zero-order valence-electron chi connectivity index (χ0n) is 13.0. The van der Waals surface area contributed by atoms with Gasteiger partial charge in [-0.1, -0.05) is 36.9 Å². The van der Waals surface area contributed by atoms with E-state index >= 15 is 0 Å². The van der Waals surface area contributed by atoms with Gasteiger partial charge in [0.25, 0.3) is 5.56 Å². The minimum Gasteiger partial charge on any atom is -0.480 e. The average molecular weight is 340 g/mol. The molecule has 0 aliphatic rings. The molecule has 1 aromatic heterocycles. The Kier molecular flexibility index (Phi) is 4.66. The molecule has 0 spiro atoms. The summed E-state index contributed by atoms with van der Waals surface area (Å²) in [5, 5.41) is 9.71. The van der Waals surface area contributed by atoms with Crippen LogP contribution >= 0.6 is 11.8 Å². The van der Waals surface area contributed by atoms with Crippen molar-refractivity contribution in [1.29, 1.82) is 0 Å². The molecule has 24 heavy (non-hydrogen) atoms. The van der Waals surface area contributed by atoms with E-state index < -0.39 is 12.0 Å². The largest absolute Gasteiger partial charge is 0.480 e. The number of carboxylic acids is 1. The van der Waals surface area contributed by atoms with Crippen LogP contribution in [0.25, 0.3) is 10.9 Å². The van der Waals surface area contributed by atoms with Gasteiger partial charge < -0.3 is 5.11 Å². The van der Waals surface area contributed by atoms with Gasteiger partial charge in [-0.15, -0.1) is 0 Å². The lowest BCUT2D eigenvalue weighted by molar-refractivity contribution is -0.141. The molecule has 0 aliphatic carbocycles. The van der Waals surface area contributed by atoms with Crippen molar-refractivity contribution in [3.05, 3.63) is 65.2 Å². The Bertz CT molecular complexity index is 938. The fourth-order valence-corrected chi connectivity index (χ4v) is 3.39. The first-order valence-corrected chi connectivity index (χ1v) is 8.38. The Hall–Kier alpha value is -2.60. The number of aliphatic carboxylic acids is 1. The third-order valence-corrected chi connectivity index (χ3v) is 4.74. The molecule has 0 unspecified atom stereocenters. The number of carbonyl (C=O) groups is 1. The Morgan fingerprint density at radius 3 is 2.62 bits per heavy atom. The molecule has 0 bridgehead atoms. The predicted octanol–water partition coefficient (Wildman–Crippen LogP) is 3.58. The third kappa shape index (κ3) is 3.19. The van der Waals surface area contributed by atoms with Crippen LogP contribution in [0.3, 0.4) is 0 Å². The minimum absolute atomic E-state index is 0.320. The van der Waals surface area contributed by atoms with Crippen molar-refractivity contribution in [3.8, 4) is 0 Å². The zero-order valence-corrected chi connectivity index (χ0v) is 13.9. The van der Waals surface area contributed by atoms with Gasteiger partial charge in [0.2, 0.25) is 0 Å². The number of hydrogen-bond acceptors (Lipinski definition) is 4. The normalized spacial score (nSPS) is 12.2. The molecule has 3 aromatic rings. The molecule has 1 heterocycles. The molecule has 1 atom stereocenters. The molecule has 1 N–H and O–H groups in total. The topological polar surface area (TPSA) is 72.2 Å².